The first-order valence-electron chi connectivity index (χ1n) is 7.04. The molecule has 2 atom stereocenters. The zero-order valence-corrected chi connectivity index (χ0v) is 12.2. The highest BCUT2D eigenvalue weighted by Crippen LogP contribution is 2.33. The lowest BCUT2D eigenvalue weighted by Crippen LogP contribution is -2.31. The Morgan fingerprint density at radius 2 is 2.30 bits per heavy atom. The molecule has 3 heterocycles. The van der Waals surface area contributed by atoms with Crippen LogP contribution in [0, 0.1) is 13.8 Å². The molecule has 0 amide bonds. The third-order valence-electron chi connectivity index (χ3n) is 4.06. The van der Waals surface area contributed by atoms with Gasteiger partial charge in [-0.3, -0.25) is 4.68 Å². The van der Waals surface area contributed by atoms with Crippen molar-refractivity contribution in [1.29, 1.82) is 0 Å². The Morgan fingerprint density at radius 1 is 1.45 bits per heavy atom. The molecule has 0 unspecified atom stereocenters. The van der Waals surface area contributed by atoms with E-state index in [1.165, 1.54) is 11.3 Å². The van der Waals surface area contributed by atoms with Gasteiger partial charge >= 0.3 is 0 Å². The van der Waals surface area contributed by atoms with E-state index in [0.717, 1.165) is 31.0 Å². The molecule has 5 nitrogen and oxygen atoms in total. The minimum absolute atomic E-state index is 0.0821. The SMILES string of the molecule is Cc1nn(C)c(C)c1[C@H]1OCC[C@@H]1NCc1ccco1. The summed E-state index contributed by atoms with van der Waals surface area (Å²) in [5.74, 6) is 0.954. The molecule has 1 fully saturated rings. The van der Waals surface area contributed by atoms with Crippen LogP contribution in [0.4, 0.5) is 0 Å². The summed E-state index contributed by atoms with van der Waals surface area (Å²) in [7, 11) is 1.98. The fraction of sp³-hybridized carbons (Fsp3) is 0.533. The molecule has 1 aliphatic rings. The Bertz CT molecular complexity index is 574. The van der Waals surface area contributed by atoms with Gasteiger partial charge in [-0.2, -0.15) is 5.10 Å². The Kier molecular flexibility index (Phi) is 3.63. The van der Waals surface area contributed by atoms with Crippen molar-refractivity contribution in [3.8, 4) is 0 Å². The van der Waals surface area contributed by atoms with E-state index in [1.807, 2.05) is 30.8 Å². The highest BCUT2D eigenvalue weighted by molar-refractivity contribution is 5.29. The summed E-state index contributed by atoms with van der Waals surface area (Å²) in [6.45, 7) is 5.67. The summed E-state index contributed by atoms with van der Waals surface area (Å²) in [6, 6.07) is 4.20. The normalized spacial score (nSPS) is 22.6. The molecule has 0 bridgehead atoms. The molecule has 0 saturated carbocycles. The number of hydrogen-bond acceptors (Lipinski definition) is 4. The molecule has 0 aliphatic carbocycles. The maximum atomic E-state index is 5.95. The zero-order valence-electron chi connectivity index (χ0n) is 12.2. The number of nitrogens with zero attached hydrogens (tertiary/aromatic N) is 2. The van der Waals surface area contributed by atoms with Crippen LogP contribution in [0.5, 0.6) is 0 Å². The molecular formula is C15H21N3O2. The van der Waals surface area contributed by atoms with Gasteiger partial charge in [0.15, 0.2) is 0 Å². The first kappa shape index (κ1) is 13.4. The fourth-order valence-corrected chi connectivity index (χ4v) is 2.93. The molecule has 2 aromatic rings. The Morgan fingerprint density at radius 3 is 2.95 bits per heavy atom. The van der Waals surface area contributed by atoms with Gasteiger partial charge in [-0.25, -0.2) is 0 Å². The summed E-state index contributed by atoms with van der Waals surface area (Å²) in [4.78, 5) is 0. The van der Waals surface area contributed by atoms with Crippen LogP contribution in [0.3, 0.4) is 0 Å². The van der Waals surface area contributed by atoms with Crippen molar-refractivity contribution in [3.63, 3.8) is 0 Å². The van der Waals surface area contributed by atoms with E-state index in [-0.39, 0.29) is 6.10 Å². The van der Waals surface area contributed by atoms with Gasteiger partial charge in [0.2, 0.25) is 0 Å². The molecule has 108 valence electrons. The molecule has 2 aromatic heterocycles. The van der Waals surface area contributed by atoms with Crippen LogP contribution < -0.4 is 5.32 Å². The van der Waals surface area contributed by atoms with E-state index in [0.29, 0.717) is 6.04 Å². The van der Waals surface area contributed by atoms with Crippen molar-refractivity contribution in [2.75, 3.05) is 6.61 Å². The zero-order chi connectivity index (χ0) is 14.1. The lowest BCUT2D eigenvalue weighted by atomic mass is 10.0. The largest absolute Gasteiger partial charge is 0.468 e. The van der Waals surface area contributed by atoms with Crippen molar-refractivity contribution in [1.82, 2.24) is 15.1 Å². The summed E-state index contributed by atoms with van der Waals surface area (Å²) >= 11 is 0. The third-order valence-corrected chi connectivity index (χ3v) is 4.06. The van der Waals surface area contributed by atoms with Gasteiger partial charge < -0.3 is 14.5 Å². The highest BCUT2D eigenvalue weighted by atomic mass is 16.5. The lowest BCUT2D eigenvalue weighted by Gasteiger charge is -2.20. The number of nitrogens with one attached hydrogen (secondary N) is 1. The van der Waals surface area contributed by atoms with Crippen molar-refractivity contribution >= 4 is 0 Å². The van der Waals surface area contributed by atoms with E-state index in [9.17, 15) is 0 Å². The molecule has 1 saturated heterocycles. The Balaban J connectivity index is 1.75. The summed E-state index contributed by atoms with van der Waals surface area (Å²) in [5.41, 5.74) is 3.46. The van der Waals surface area contributed by atoms with Gasteiger partial charge in [0.25, 0.3) is 0 Å². The van der Waals surface area contributed by atoms with Gasteiger partial charge in [-0.05, 0) is 32.4 Å². The predicted octanol–water partition coefficient (Wildman–Crippen LogP) is 2.25. The minimum atomic E-state index is 0.0821. The van der Waals surface area contributed by atoms with Gasteiger partial charge in [0.1, 0.15) is 11.9 Å². The molecule has 0 spiro atoms. The number of ether oxygens (including phenoxy) is 1. The van der Waals surface area contributed by atoms with Crippen molar-refractivity contribution in [2.24, 2.45) is 7.05 Å². The van der Waals surface area contributed by atoms with Crippen molar-refractivity contribution in [3.05, 3.63) is 41.1 Å². The Hall–Kier alpha value is -1.59. The lowest BCUT2D eigenvalue weighted by molar-refractivity contribution is 0.0970. The average molecular weight is 275 g/mol. The van der Waals surface area contributed by atoms with Crippen LogP contribution >= 0.6 is 0 Å². The second kappa shape index (κ2) is 5.42. The van der Waals surface area contributed by atoms with Gasteiger partial charge in [0, 0.05) is 31.0 Å². The maximum absolute atomic E-state index is 5.95. The van der Waals surface area contributed by atoms with Crippen LogP contribution in [0.25, 0.3) is 0 Å². The smallest absolute Gasteiger partial charge is 0.117 e. The average Bonchev–Trinajstić information content (AvgIpc) is 3.10. The van der Waals surface area contributed by atoms with Crippen molar-refractivity contribution in [2.45, 2.75) is 39.0 Å². The third kappa shape index (κ3) is 2.39. The van der Waals surface area contributed by atoms with Gasteiger partial charge in [-0.1, -0.05) is 0 Å². The van der Waals surface area contributed by atoms with Crippen LogP contribution in [0.2, 0.25) is 0 Å². The summed E-state index contributed by atoms with van der Waals surface area (Å²) < 4.78 is 13.2. The van der Waals surface area contributed by atoms with Crippen LogP contribution in [0.1, 0.15) is 35.2 Å². The molecule has 0 aromatic carbocycles. The van der Waals surface area contributed by atoms with E-state index < -0.39 is 0 Å². The van der Waals surface area contributed by atoms with E-state index in [4.69, 9.17) is 9.15 Å². The monoisotopic (exact) mass is 275 g/mol. The predicted molar refractivity (Wildman–Crippen MR) is 75.3 cm³/mol. The first-order valence-corrected chi connectivity index (χ1v) is 7.04. The van der Waals surface area contributed by atoms with Gasteiger partial charge in [-0.15, -0.1) is 0 Å². The van der Waals surface area contributed by atoms with E-state index >= 15 is 0 Å². The molecular weight excluding hydrogens is 254 g/mol. The number of aryl methyl sites for hydroxylation is 2. The first-order chi connectivity index (χ1) is 9.66. The number of rotatable bonds is 4. The molecule has 5 heteroatoms. The molecule has 0 radical (unpaired) electrons. The van der Waals surface area contributed by atoms with E-state index in [2.05, 4.69) is 17.3 Å². The molecule has 20 heavy (non-hydrogen) atoms. The van der Waals surface area contributed by atoms with Gasteiger partial charge in [0.05, 0.1) is 18.5 Å². The van der Waals surface area contributed by atoms with Crippen LogP contribution in [-0.4, -0.2) is 22.4 Å². The molecule has 1 N–H and O–H groups in total. The van der Waals surface area contributed by atoms with Crippen molar-refractivity contribution < 1.29 is 9.15 Å². The minimum Gasteiger partial charge on any atom is -0.468 e. The summed E-state index contributed by atoms with van der Waals surface area (Å²) in [5, 5.41) is 8.03. The van der Waals surface area contributed by atoms with Crippen LogP contribution in [0.15, 0.2) is 22.8 Å². The highest BCUT2D eigenvalue weighted by Gasteiger charge is 2.33. The van der Waals surface area contributed by atoms with Crippen LogP contribution in [-0.2, 0) is 18.3 Å². The topological polar surface area (TPSA) is 52.2 Å². The van der Waals surface area contributed by atoms with E-state index in [1.54, 1.807) is 6.26 Å². The number of furan rings is 1. The second-order valence-electron chi connectivity index (χ2n) is 5.35. The maximum Gasteiger partial charge on any atom is 0.117 e. The molecule has 1 aliphatic heterocycles. The number of aromatic nitrogens is 2. The quantitative estimate of drug-likeness (QED) is 0.930. The summed E-state index contributed by atoms with van der Waals surface area (Å²) in [6.07, 6.45) is 2.80. The fourth-order valence-electron chi connectivity index (χ4n) is 2.93. The molecule has 3 rings (SSSR count). The Labute approximate surface area is 118 Å². The second-order valence-corrected chi connectivity index (χ2v) is 5.35. The number of hydrogen-bond donors (Lipinski definition) is 1. The standard InChI is InChI=1S/C15H21N3O2/c1-10-14(11(2)18(3)17-10)15-13(6-8-20-15)16-9-12-5-4-7-19-12/h4-5,7,13,15-16H,6,8-9H2,1-3H3/t13-,15-/m0/s1.